The van der Waals surface area contributed by atoms with E-state index in [0.29, 0.717) is 5.69 Å². The fraction of sp³-hybridized carbons (Fsp3) is 0. The van der Waals surface area contributed by atoms with Crippen molar-refractivity contribution in [3.8, 4) is 23.1 Å². The van der Waals surface area contributed by atoms with Gasteiger partial charge in [0.2, 0.25) is 5.75 Å². The summed E-state index contributed by atoms with van der Waals surface area (Å²) in [6.07, 6.45) is 1.57. The Morgan fingerprint density at radius 3 is 2.53 bits per heavy atom. The summed E-state index contributed by atoms with van der Waals surface area (Å²) in [5.74, 6) is -1.08. The number of nitrogens with two attached hydrogens (primary N) is 1. The molecule has 76 valence electrons. The molecule has 0 saturated heterocycles. The van der Waals surface area contributed by atoms with E-state index in [-0.39, 0.29) is 11.6 Å². The number of pyridine rings is 1. The number of hydrogen-bond acceptors (Lipinski definition) is 6. The molecular formula is C9H8N4O2. The lowest BCUT2D eigenvalue weighted by atomic mass is 10.3. The van der Waals surface area contributed by atoms with Crippen LogP contribution in [0.5, 0.6) is 11.6 Å². The molecule has 0 unspecified atom stereocenters. The van der Waals surface area contributed by atoms with Gasteiger partial charge in [-0.15, -0.1) is 0 Å². The summed E-state index contributed by atoms with van der Waals surface area (Å²) in [4.78, 5) is 11.4. The molecule has 2 rings (SSSR count). The Bertz CT molecular complexity index is 464. The van der Waals surface area contributed by atoms with Gasteiger partial charge in [0.1, 0.15) is 5.69 Å². The molecule has 0 aromatic carbocycles. The molecule has 0 fully saturated rings. The molecule has 4 N–H and O–H groups in total. The molecule has 0 aliphatic heterocycles. The summed E-state index contributed by atoms with van der Waals surface area (Å²) in [5, 5.41) is 18.4. The van der Waals surface area contributed by atoms with Crippen LogP contribution in [0.2, 0.25) is 0 Å². The van der Waals surface area contributed by atoms with E-state index in [9.17, 15) is 5.11 Å². The number of nitrogens with zero attached hydrogens (tertiary/aromatic N) is 3. The average molecular weight is 204 g/mol. The first-order valence-corrected chi connectivity index (χ1v) is 4.15. The van der Waals surface area contributed by atoms with Crippen LogP contribution in [0.15, 0.2) is 24.4 Å². The van der Waals surface area contributed by atoms with Crippen LogP contribution >= 0.6 is 0 Å². The zero-order chi connectivity index (χ0) is 10.8. The van der Waals surface area contributed by atoms with Gasteiger partial charge in [0.05, 0.1) is 0 Å². The van der Waals surface area contributed by atoms with Crippen molar-refractivity contribution in [1.29, 1.82) is 0 Å². The van der Waals surface area contributed by atoms with E-state index in [1.165, 1.54) is 0 Å². The number of aromatic nitrogens is 3. The molecule has 0 saturated carbocycles. The van der Waals surface area contributed by atoms with Crippen LogP contribution in [0.25, 0.3) is 11.5 Å². The predicted octanol–water partition coefficient (Wildman–Crippen LogP) is 0.532. The normalized spacial score (nSPS) is 10.1. The third-order valence-electron chi connectivity index (χ3n) is 1.79. The van der Waals surface area contributed by atoms with Crippen molar-refractivity contribution < 1.29 is 10.2 Å². The Labute approximate surface area is 85.1 Å². The first-order chi connectivity index (χ1) is 7.18. The van der Waals surface area contributed by atoms with E-state index in [1.807, 2.05) is 0 Å². The molecule has 0 aliphatic rings. The molecule has 0 atom stereocenters. The highest BCUT2D eigenvalue weighted by atomic mass is 16.3. The molecule has 2 aromatic heterocycles. The van der Waals surface area contributed by atoms with Gasteiger partial charge in [-0.3, -0.25) is 4.98 Å². The van der Waals surface area contributed by atoms with Crippen molar-refractivity contribution >= 4 is 5.82 Å². The molecule has 6 heteroatoms. The third-order valence-corrected chi connectivity index (χ3v) is 1.79. The van der Waals surface area contributed by atoms with E-state index >= 15 is 0 Å². The quantitative estimate of drug-likeness (QED) is 0.625. The minimum Gasteiger partial charge on any atom is -0.501 e. The Morgan fingerprint density at radius 1 is 1.13 bits per heavy atom. The van der Waals surface area contributed by atoms with Crippen LogP contribution in [-0.4, -0.2) is 25.2 Å². The summed E-state index contributed by atoms with van der Waals surface area (Å²) >= 11 is 0. The third kappa shape index (κ3) is 1.64. The summed E-state index contributed by atoms with van der Waals surface area (Å²) < 4.78 is 0. The van der Waals surface area contributed by atoms with E-state index in [4.69, 9.17) is 10.8 Å². The van der Waals surface area contributed by atoms with Crippen molar-refractivity contribution in [3.63, 3.8) is 0 Å². The predicted molar refractivity (Wildman–Crippen MR) is 53.0 cm³/mol. The highest BCUT2D eigenvalue weighted by Crippen LogP contribution is 2.29. The van der Waals surface area contributed by atoms with Gasteiger partial charge in [0, 0.05) is 6.20 Å². The zero-order valence-corrected chi connectivity index (χ0v) is 7.62. The lowest BCUT2D eigenvalue weighted by molar-refractivity contribution is 0.389. The molecule has 2 heterocycles. The number of aromatic hydroxyl groups is 2. The van der Waals surface area contributed by atoms with Gasteiger partial charge in [-0.2, -0.15) is 4.98 Å². The van der Waals surface area contributed by atoms with Gasteiger partial charge in [0.25, 0.3) is 5.88 Å². The van der Waals surface area contributed by atoms with Crippen molar-refractivity contribution in [2.45, 2.75) is 0 Å². The lowest BCUT2D eigenvalue weighted by Gasteiger charge is -2.03. The fourth-order valence-corrected chi connectivity index (χ4v) is 1.07. The number of anilines is 1. The largest absolute Gasteiger partial charge is 0.501 e. The monoisotopic (exact) mass is 204 g/mol. The highest BCUT2D eigenvalue weighted by molar-refractivity contribution is 5.58. The van der Waals surface area contributed by atoms with Crippen LogP contribution in [0.3, 0.4) is 0 Å². The smallest absolute Gasteiger partial charge is 0.260 e. The second-order valence-corrected chi connectivity index (χ2v) is 2.82. The fourth-order valence-electron chi connectivity index (χ4n) is 1.07. The summed E-state index contributed by atoms with van der Waals surface area (Å²) in [5.41, 5.74) is 5.84. The Morgan fingerprint density at radius 2 is 1.93 bits per heavy atom. The van der Waals surface area contributed by atoms with Gasteiger partial charge in [0.15, 0.2) is 11.6 Å². The first kappa shape index (κ1) is 9.20. The van der Waals surface area contributed by atoms with Crippen LogP contribution in [0.4, 0.5) is 5.82 Å². The topological polar surface area (TPSA) is 105 Å². The molecule has 2 aromatic rings. The van der Waals surface area contributed by atoms with Gasteiger partial charge in [-0.05, 0) is 12.1 Å². The maximum Gasteiger partial charge on any atom is 0.260 e. The van der Waals surface area contributed by atoms with Gasteiger partial charge in [-0.25, -0.2) is 4.98 Å². The van der Waals surface area contributed by atoms with Crippen LogP contribution in [0, 0.1) is 0 Å². The molecule has 0 spiro atoms. The first-order valence-electron chi connectivity index (χ1n) is 4.15. The SMILES string of the molecule is Nc1nc(-c2ccccn2)nc(O)c1O. The Balaban J connectivity index is 2.56. The second kappa shape index (κ2) is 3.41. The van der Waals surface area contributed by atoms with Crippen molar-refractivity contribution in [3.05, 3.63) is 24.4 Å². The highest BCUT2D eigenvalue weighted by Gasteiger charge is 2.11. The van der Waals surface area contributed by atoms with Crippen molar-refractivity contribution in [2.75, 3.05) is 5.73 Å². The minimum absolute atomic E-state index is 0.170. The molecule has 0 amide bonds. The maximum absolute atomic E-state index is 9.23. The Kier molecular flexibility index (Phi) is 2.09. The zero-order valence-electron chi connectivity index (χ0n) is 7.62. The van der Waals surface area contributed by atoms with Gasteiger partial charge < -0.3 is 15.9 Å². The number of hydrogen-bond donors (Lipinski definition) is 3. The molecule has 0 bridgehead atoms. The summed E-state index contributed by atoms with van der Waals surface area (Å²) in [6, 6.07) is 5.17. The molecule has 0 radical (unpaired) electrons. The summed E-state index contributed by atoms with van der Waals surface area (Å²) in [6.45, 7) is 0. The second-order valence-electron chi connectivity index (χ2n) is 2.82. The standard InChI is InChI=1S/C9H8N4O2/c10-7-6(14)9(15)13-8(12-7)5-3-1-2-4-11-5/h1-4,14H,(H3,10,12,13,15). The van der Waals surface area contributed by atoms with Gasteiger partial charge >= 0.3 is 0 Å². The van der Waals surface area contributed by atoms with Crippen LogP contribution < -0.4 is 5.73 Å². The van der Waals surface area contributed by atoms with Crippen molar-refractivity contribution in [2.24, 2.45) is 0 Å². The van der Waals surface area contributed by atoms with E-state index in [1.54, 1.807) is 24.4 Å². The van der Waals surface area contributed by atoms with E-state index in [0.717, 1.165) is 0 Å². The number of nitrogen functional groups attached to an aromatic ring is 1. The van der Waals surface area contributed by atoms with E-state index in [2.05, 4.69) is 15.0 Å². The molecule has 15 heavy (non-hydrogen) atoms. The number of rotatable bonds is 1. The maximum atomic E-state index is 9.23. The lowest BCUT2D eigenvalue weighted by Crippen LogP contribution is -1.97. The van der Waals surface area contributed by atoms with Crippen LogP contribution in [0.1, 0.15) is 0 Å². The Hall–Kier alpha value is -2.37. The average Bonchev–Trinajstić information content (AvgIpc) is 2.26. The van der Waals surface area contributed by atoms with Crippen LogP contribution in [-0.2, 0) is 0 Å². The van der Waals surface area contributed by atoms with E-state index < -0.39 is 11.6 Å². The summed E-state index contributed by atoms with van der Waals surface area (Å²) in [7, 11) is 0. The minimum atomic E-state index is -0.553. The van der Waals surface area contributed by atoms with Gasteiger partial charge in [-0.1, -0.05) is 6.07 Å². The molecule has 6 nitrogen and oxygen atoms in total. The van der Waals surface area contributed by atoms with Crippen molar-refractivity contribution in [1.82, 2.24) is 15.0 Å². The molecular weight excluding hydrogens is 196 g/mol. The molecule has 0 aliphatic carbocycles.